The smallest absolute Gasteiger partial charge is 0.652 e. The molecular formula is C52H58KNO5P2. The molecule has 0 spiro atoms. The third kappa shape index (κ3) is 14.6. The Morgan fingerprint density at radius 2 is 0.574 bits per heavy atom. The first-order chi connectivity index (χ1) is 29.9. The monoisotopic (exact) mass is 877 g/mol. The van der Waals surface area contributed by atoms with Crippen molar-refractivity contribution in [3.8, 4) is 11.5 Å². The molecule has 0 N–H and O–H groups in total. The zero-order valence-corrected chi connectivity index (χ0v) is 40.6. The van der Waals surface area contributed by atoms with E-state index in [4.69, 9.17) is 29.0 Å². The van der Waals surface area contributed by atoms with Crippen molar-refractivity contribution in [3.63, 3.8) is 0 Å². The van der Waals surface area contributed by atoms with E-state index in [0.717, 1.165) is 75.7 Å². The van der Waals surface area contributed by atoms with Gasteiger partial charge in [0.25, 0.3) is 0 Å². The number of rotatable bonds is 6. The summed E-state index contributed by atoms with van der Waals surface area (Å²) in [6.45, 7) is 8.00. The summed E-state index contributed by atoms with van der Waals surface area (Å²) in [7, 11) is -1.68. The fourth-order valence-electron chi connectivity index (χ4n) is 7.20. The van der Waals surface area contributed by atoms with E-state index in [-0.39, 0.29) is 51.4 Å². The predicted molar refractivity (Wildman–Crippen MR) is 253 cm³/mol. The van der Waals surface area contributed by atoms with Gasteiger partial charge in [-0.1, -0.05) is 169 Å². The van der Waals surface area contributed by atoms with Crippen molar-refractivity contribution in [2.75, 3.05) is 52.9 Å². The number of nitrogens with zero attached hydrogens (tertiary/aromatic N) is 1. The zero-order chi connectivity index (χ0) is 40.9. The second kappa shape index (κ2) is 27.4. The van der Waals surface area contributed by atoms with Gasteiger partial charge in [0.05, 0.1) is 0 Å². The maximum absolute atomic E-state index is 7.03. The second-order valence-electron chi connectivity index (χ2n) is 14.8. The van der Waals surface area contributed by atoms with E-state index in [1.165, 1.54) is 83.2 Å². The van der Waals surface area contributed by atoms with Crippen LogP contribution in [0.3, 0.4) is 0 Å². The summed E-state index contributed by atoms with van der Waals surface area (Å²) in [5.74, 6) is 1.72. The first kappa shape index (κ1) is 47.7. The van der Waals surface area contributed by atoms with Crippen LogP contribution in [0.5, 0.6) is 11.5 Å². The largest absolute Gasteiger partial charge is 1.00 e. The summed E-state index contributed by atoms with van der Waals surface area (Å²) in [6, 6.07) is 55.8. The Hall–Kier alpha value is -2.74. The molecule has 4 saturated heterocycles. The quantitative estimate of drug-likeness (QED) is 0.126. The first-order valence-electron chi connectivity index (χ1n) is 21.6. The fourth-order valence-corrected chi connectivity index (χ4v) is 12.0. The average molecular weight is 878 g/mol. The van der Waals surface area contributed by atoms with Gasteiger partial charge in [-0.05, 0) is 88.4 Å². The van der Waals surface area contributed by atoms with E-state index in [2.05, 4.69) is 158 Å². The third-order valence-corrected chi connectivity index (χ3v) is 15.2. The molecular weight excluding hydrogens is 820 g/mol. The van der Waals surface area contributed by atoms with Crippen LogP contribution in [-0.4, -0.2) is 52.9 Å². The summed E-state index contributed by atoms with van der Waals surface area (Å²) < 4.78 is 26.8. The molecule has 0 aromatic heterocycles. The molecule has 4 fully saturated rings. The minimum absolute atomic E-state index is 0. The minimum atomic E-state index is -0.842. The predicted octanol–water partition coefficient (Wildman–Crippen LogP) is 7.84. The van der Waals surface area contributed by atoms with Crippen molar-refractivity contribution in [2.45, 2.75) is 51.4 Å². The third-order valence-electron chi connectivity index (χ3n) is 10.2. The Morgan fingerprint density at radius 3 is 0.803 bits per heavy atom. The fraction of sp³-hybridized carbons (Fsp3) is 0.308. The normalized spacial score (nSPS) is 15.6. The van der Waals surface area contributed by atoms with Gasteiger partial charge in [-0.2, -0.15) is 0 Å². The molecule has 5 heterocycles. The van der Waals surface area contributed by atoms with Crippen LogP contribution in [0.4, 0.5) is 11.4 Å². The van der Waals surface area contributed by atoms with Gasteiger partial charge in [0.15, 0.2) is 0 Å². The molecule has 5 aliphatic heterocycles. The minimum Gasteiger partial charge on any atom is -0.652 e. The molecule has 9 heteroatoms. The Morgan fingerprint density at radius 1 is 0.311 bits per heavy atom. The van der Waals surface area contributed by atoms with Crippen LogP contribution in [0.1, 0.15) is 51.4 Å². The molecule has 0 unspecified atom stereocenters. The van der Waals surface area contributed by atoms with Gasteiger partial charge >= 0.3 is 51.4 Å². The van der Waals surface area contributed by atoms with E-state index in [9.17, 15) is 0 Å². The van der Waals surface area contributed by atoms with Crippen molar-refractivity contribution in [3.05, 3.63) is 163 Å². The van der Waals surface area contributed by atoms with Crippen LogP contribution >= 0.6 is 15.8 Å². The Kier molecular flexibility index (Phi) is 21.5. The molecule has 6 aromatic carbocycles. The van der Waals surface area contributed by atoms with Gasteiger partial charge in [-0.3, -0.25) is 0 Å². The standard InChI is InChI=1S/C36H26NOP2.4C4H8O.K/c1-5-15-27(16-6-1)39(28-17-7-2-8-18-28)33-25-13-23-31-35(33)38-36-32(37-31)24-14-26-34(36)40(29-19-9-3-10-20-29)30-21-11-4-12-22-30;4*1-2-4-5-3-1;/h1-26H;4*1-4H2;/q-1;;;;;+1. The number of hydrogen-bond acceptors (Lipinski definition) is 5. The van der Waals surface area contributed by atoms with E-state index < -0.39 is 15.8 Å². The summed E-state index contributed by atoms with van der Waals surface area (Å²) >= 11 is 0. The number of fused-ring (bicyclic) bond motifs is 2. The van der Waals surface area contributed by atoms with Crippen LogP contribution < -0.4 is 87.9 Å². The van der Waals surface area contributed by atoms with Crippen LogP contribution in [0.25, 0.3) is 5.32 Å². The van der Waals surface area contributed by atoms with Crippen molar-refractivity contribution in [1.29, 1.82) is 0 Å². The van der Waals surface area contributed by atoms with Gasteiger partial charge in [-0.25, -0.2) is 0 Å². The van der Waals surface area contributed by atoms with Gasteiger partial charge in [-0.15, -0.1) is 0 Å². The first-order valence-corrected chi connectivity index (χ1v) is 24.3. The zero-order valence-electron chi connectivity index (χ0n) is 35.7. The Bertz CT molecular complexity index is 1820. The molecule has 6 nitrogen and oxygen atoms in total. The summed E-state index contributed by atoms with van der Waals surface area (Å²) in [6.07, 6.45) is 10.2. The van der Waals surface area contributed by atoms with Crippen molar-refractivity contribution in [1.82, 2.24) is 0 Å². The molecule has 0 amide bonds. The molecule has 312 valence electrons. The second-order valence-corrected chi connectivity index (χ2v) is 19.1. The number of para-hydroxylation sites is 2. The molecule has 0 atom stereocenters. The number of benzene rings is 6. The van der Waals surface area contributed by atoms with Crippen LogP contribution in [0.15, 0.2) is 158 Å². The van der Waals surface area contributed by atoms with Gasteiger partial charge in [0, 0.05) is 63.5 Å². The van der Waals surface area contributed by atoms with Crippen LogP contribution in [-0.2, 0) is 18.9 Å². The van der Waals surface area contributed by atoms with Crippen LogP contribution in [0.2, 0.25) is 0 Å². The van der Waals surface area contributed by atoms with E-state index in [1.54, 1.807) is 0 Å². The van der Waals surface area contributed by atoms with Gasteiger partial charge in [0.1, 0.15) is 11.5 Å². The maximum Gasteiger partial charge on any atom is 1.00 e. The molecule has 0 aliphatic carbocycles. The molecule has 61 heavy (non-hydrogen) atoms. The van der Waals surface area contributed by atoms with Crippen molar-refractivity contribution in [2.24, 2.45) is 0 Å². The van der Waals surface area contributed by atoms with E-state index in [0.29, 0.717) is 0 Å². The molecule has 5 aliphatic rings. The van der Waals surface area contributed by atoms with Gasteiger partial charge in [0.2, 0.25) is 0 Å². The number of hydrogen-bond donors (Lipinski definition) is 0. The molecule has 6 aromatic rings. The van der Waals surface area contributed by atoms with Crippen LogP contribution in [0, 0.1) is 0 Å². The Labute approximate surface area is 409 Å². The Balaban J connectivity index is 0.000000240. The summed E-state index contributed by atoms with van der Waals surface area (Å²) in [5, 5.41) is 12.7. The van der Waals surface area contributed by atoms with E-state index >= 15 is 0 Å². The van der Waals surface area contributed by atoms with Crippen molar-refractivity contribution >= 4 is 59.0 Å². The summed E-state index contributed by atoms with van der Waals surface area (Å²) in [5.41, 5.74) is 1.76. The SMILES string of the molecule is C1CCOC1.C1CCOC1.C1CCOC1.C1CCOC1.[K+].c1ccc(P(c2ccccc2)c2cccc3c2Oc2c(cccc2P(c2ccccc2)c2ccccc2)[N-]3)cc1. The molecule has 0 radical (unpaired) electrons. The molecule has 0 saturated carbocycles. The summed E-state index contributed by atoms with van der Waals surface area (Å²) in [4.78, 5) is 0. The van der Waals surface area contributed by atoms with E-state index in [1.807, 2.05) is 0 Å². The molecule has 11 rings (SSSR count). The van der Waals surface area contributed by atoms with Gasteiger partial charge < -0.3 is 29.0 Å². The van der Waals surface area contributed by atoms with Crippen molar-refractivity contribution < 1.29 is 75.1 Å². The molecule has 0 bridgehead atoms. The topological polar surface area (TPSA) is 60.3 Å². The average Bonchev–Trinajstić information content (AvgIpc) is 4.19. The maximum atomic E-state index is 7.03. The number of ether oxygens (including phenoxy) is 5.